The summed E-state index contributed by atoms with van der Waals surface area (Å²) in [6.07, 6.45) is 2.56. The first-order valence-electron chi connectivity index (χ1n) is 7.28. The lowest BCUT2D eigenvalue weighted by molar-refractivity contribution is 0.177. The molecule has 0 fully saturated rings. The van der Waals surface area contributed by atoms with Crippen molar-refractivity contribution in [3.63, 3.8) is 0 Å². The third-order valence-corrected chi connectivity index (χ3v) is 7.96. The topological polar surface area (TPSA) is 71.1 Å². The predicted octanol–water partition coefficient (Wildman–Crippen LogP) is 4.99. The zero-order valence-corrected chi connectivity index (χ0v) is 14.8. The molecular formula is C12H28O6P2. The highest BCUT2D eigenvalue weighted by Crippen LogP contribution is 2.83. The molecule has 0 aromatic rings. The number of hydrogen-bond donors (Lipinski definition) is 0. The van der Waals surface area contributed by atoms with E-state index in [2.05, 4.69) is 0 Å². The molecule has 0 rings (SSSR count). The summed E-state index contributed by atoms with van der Waals surface area (Å²) < 4.78 is 46.7. The van der Waals surface area contributed by atoms with Gasteiger partial charge in [-0.05, 0) is 25.7 Å². The van der Waals surface area contributed by atoms with E-state index in [1.54, 1.807) is 0 Å². The molecule has 0 spiro atoms. The second-order valence-electron chi connectivity index (χ2n) is 4.27. The third kappa shape index (κ3) is 6.38. The first-order chi connectivity index (χ1) is 9.49. The Kier molecular flexibility index (Phi) is 11.1. The molecule has 0 aliphatic rings. The van der Waals surface area contributed by atoms with Crippen molar-refractivity contribution in [2.75, 3.05) is 26.4 Å². The largest absolute Gasteiger partial charge is 0.441 e. The second-order valence-corrected chi connectivity index (χ2v) is 10.1. The van der Waals surface area contributed by atoms with Gasteiger partial charge in [0.1, 0.15) is 0 Å². The van der Waals surface area contributed by atoms with E-state index >= 15 is 0 Å². The van der Waals surface area contributed by atoms with E-state index in [0.29, 0.717) is 25.7 Å². The summed E-state index contributed by atoms with van der Waals surface area (Å²) in [5.74, 6) is 0. The predicted molar refractivity (Wildman–Crippen MR) is 80.2 cm³/mol. The van der Waals surface area contributed by atoms with Gasteiger partial charge in [-0.2, -0.15) is 0 Å². The van der Waals surface area contributed by atoms with Crippen molar-refractivity contribution in [2.45, 2.75) is 53.4 Å². The monoisotopic (exact) mass is 330 g/mol. The van der Waals surface area contributed by atoms with Gasteiger partial charge in [0.2, 0.25) is 0 Å². The minimum absolute atomic E-state index is 0.190. The van der Waals surface area contributed by atoms with Crippen molar-refractivity contribution < 1.29 is 27.2 Å². The van der Waals surface area contributed by atoms with Gasteiger partial charge in [0.25, 0.3) is 0 Å². The van der Waals surface area contributed by atoms with Crippen LogP contribution in [0.15, 0.2) is 0 Å². The van der Waals surface area contributed by atoms with Gasteiger partial charge in [0.15, 0.2) is 0 Å². The van der Waals surface area contributed by atoms with Gasteiger partial charge in [0, 0.05) is 0 Å². The van der Waals surface area contributed by atoms with Crippen molar-refractivity contribution in [1.82, 2.24) is 0 Å². The van der Waals surface area contributed by atoms with Crippen LogP contribution in [0.3, 0.4) is 0 Å². The lowest BCUT2D eigenvalue weighted by Crippen LogP contribution is -2.05. The molecule has 0 saturated carbocycles. The Bertz CT molecular complexity index is 278. The molecule has 0 heterocycles. The van der Waals surface area contributed by atoms with Crippen LogP contribution in [0, 0.1) is 0 Å². The average molecular weight is 330 g/mol. The summed E-state index contributed by atoms with van der Waals surface area (Å²) in [7, 11) is -7.85. The first kappa shape index (κ1) is 20.3. The fourth-order valence-corrected chi connectivity index (χ4v) is 6.23. The van der Waals surface area contributed by atoms with Crippen LogP contribution in [0.4, 0.5) is 0 Å². The van der Waals surface area contributed by atoms with Crippen molar-refractivity contribution in [3.8, 4) is 0 Å². The molecule has 122 valence electrons. The fraction of sp³-hybridized carbons (Fsp3) is 1.00. The summed E-state index contributed by atoms with van der Waals surface area (Å²) >= 11 is 0. The Morgan fingerprint density at radius 3 is 0.900 bits per heavy atom. The van der Waals surface area contributed by atoms with Gasteiger partial charge >= 0.3 is 14.6 Å². The molecule has 0 amide bonds. The third-order valence-electron chi connectivity index (χ3n) is 2.13. The SMILES string of the molecule is CCCOP(=O)(OCCC)P(=O)(OCCC)OCCC. The summed E-state index contributed by atoms with van der Waals surface area (Å²) in [5, 5.41) is 0. The second kappa shape index (κ2) is 10.9. The molecule has 8 heteroatoms. The highest BCUT2D eigenvalue weighted by molar-refractivity contribution is 8.27. The van der Waals surface area contributed by atoms with Gasteiger partial charge in [-0.15, -0.1) is 0 Å². The van der Waals surface area contributed by atoms with Crippen LogP contribution in [0.1, 0.15) is 53.4 Å². The van der Waals surface area contributed by atoms with Gasteiger partial charge in [-0.3, -0.25) is 0 Å². The summed E-state index contributed by atoms with van der Waals surface area (Å²) in [5.41, 5.74) is 0. The smallest absolute Gasteiger partial charge is 0.300 e. The van der Waals surface area contributed by atoms with Crippen LogP contribution in [-0.2, 0) is 27.2 Å². The molecular weight excluding hydrogens is 302 g/mol. The van der Waals surface area contributed by atoms with Crippen molar-refractivity contribution >= 4 is 14.6 Å². The summed E-state index contributed by atoms with van der Waals surface area (Å²) in [4.78, 5) is 0. The van der Waals surface area contributed by atoms with Crippen LogP contribution in [0.5, 0.6) is 0 Å². The van der Waals surface area contributed by atoms with Crippen molar-refractivity contribution in [3.05, 3.63) is 0 Å². The summed E-state index contributed by atoms with van der Waals surface area (Å²) in [6.45, 7) is 8.24. The highest BCUT2D eigenvalue weighted by Gasteiger charge is 2.50. The van der Waals surface area contributed by atoms with Crippen LogP contribution < -0.4 is 0 Å². The molecule has 0 saturated heterocycles. The van der Waals surface area contributed by atoms with Gasteiger partial charge in [0.05, 0.1) is 26.4 Å². The minimum Gasteiger partial charge on any atom is -0.300 e. The molecule has 0 aromatic carbocycles. The Balaban J connectivity index is 5.14. The van der Waals surface area contributed by atoms with Crippen LogP contribution in [0.25, 0.3) is 0 Å². The highest BCUT2D eigenvalue weighted by atomic mass is 32.1. The minimum atomic E-state index is -3.92. The standard InChI is InChI=1S/C12H28O6P2/c1-5-9-15-19(13,16-10-6-2)20(14,17-11-7-3)18-12-8-4/h5-12H2,1-4H3. The molecule has 6 nitrogen and oxygen atoms in total. The normalized spacial score (nSPS) is 12.8. The van der Waals surface area contributed by atoms with Crippen molar-refractivity contribution in [2.24, 2.45) is 0 Å². The quantitative estimate of drug-likeness (QED) is 0.443. The zero-order chi connectivity index (χ0) is 15.5. The Morgan fingerprint density at radius 1 is 0.550 bits per heavy atom. The molecule has 0 radical (unpaired) electrons. The van der Waals surface area contributed by atoms with E-state index in [1.165, 1.54) is 0 Å². The molecule has 0 aliphatic heterocycles. The van der Waals surface area contributed by atoms with Gasteiger partial charge < -0.3 is 18.1 Å². The maximum Gasteiger partial charge on any atom is 0.441 e. The molecule has 0 aromatic heterocycles. The maximum atomic E-state index is 12.8. The molecule has 0 aliphatic carbocycles. The fourth-order valence-electron chi connectivity index (χ4n) is 1.18. The maximum absolute atomic E-state index is 12.8. The van der Waals surface area contributed by atoms with E-state index in [0.717, 1.165) is 0 Å². The molecule has 0 unspecified atom stereocenters. The Hall–Kier alpha value is 0.300. The first-order valence-corrected chi connectivity index (χ1v) is 11.1. The Labute approximate surface area is 122 Å². The van der Waals surface area contributed by atoms with Crippen LogP contribution in [0.2, 0.25) is 0 Å². The number of rotatable bonds is 13. The van der Waals surface area contributed by atoms with Crippen LogP contribution in [-0.4, -0.2) is 26.4 Å². The molecule has 0 bridgehead atoms. The Morgan fingerprint density at radius 2 is 0.750 bits per heavy atom. The molecule has 0 atom stereocenters. The van der Waals surface area contributed by atoms with E-state index in [9.17, 15) is 9.13 Å². The average Bonchev–Trinajstić information content (AvgIpc) is 2.46. The van der Waals surface area contributed by atoms with Gasteiger partial charge in [-0.25, -0.2) is 9.13 Å². The van der Waals surface area contributed by atoms with Crippen LogP contribution >= 0.6 is 14.6 Å². The van der Waals surface area contributed by atoms with E-state index in [-0.39, 0.29) is 26.4 Å². The molecule has 0 N–H and O–H groups in total. The van der Waals surface area contributed by atoms with Crippen molar-refractivity contribution in [1.29, 1.82) is 0 Å². The van der Waals surface area contributed by atoms with E-state index in [1.807, 2.05) is 27.7 Å². The number of hydrogen-bond acceptors (Lipinski definition) is 6. The van der Waals surface area contributed by atoms with Gasteiger partial charge in [-0.1, -0.05) is 27.7 Å². The van der Waals surface area contributed by atoms with E-state index in [4.69, 9.17) is 18.1 Å². The lowest BCUT2D eigenvalue weighted by Gasteiger charge is -2.25. The summed E-state index contributed by atoms with van der Waals surface area (Å²) in [6, 6.07) is 0. The van der Waals surface area contributed by atoms with E-state index < -0.39 is 14.6 Å². The lowest BCUT2D eigenvalue weighted by atomic mass is 10.5. The zero-order valence-electron chi connectivity index (χ0n) is 13.0. The molecule has 20 heavy (non-hydrogen) atoms.